The van der Waals surface area contributed by atoms with E-state index < -0.39 is 107 Å². The monoisotopic (exact) mass is 844 g/mol. The second-order valence-electron chi connectivity index (χ2n) is 20.6. The van der Waals surface area contributed by atoms with Gasteiger partial charge in [-0.1, -0.05) is 47.1 Å². The van der Waals surface area contributed by atoms with Gasteiger partial charge in [0, 0.05) is 5.92 Å². The molecule has 326 valence electrons. The van der Waals surface area contributed by atoms with Crippen LogP contribution in [0.4, 0.5) is 0 Å². The number of allylic oxidation sites excluding steroid dienone is 2. The molecular formula is C42H61NaO16. The quantitative estimate of drug-likeness (QED) is 0.107. The molecule has 2 saturated heterocycles. The number of carbonyl (C=O) groups is 4. The number of rotatable bonds is 7. The predicted octanol–water partition coefficient (Wildman–Crippen LogP) is -2.09. The molecule has 0 aromatic heterocycles. The van der Waals surface area contributed by atoms with Crippen LogP contribution < -0.4 is 34.7 Å². The standard InChI is InChI=1S/C42H62O16.Na/c1-37(2)21-8-11-42(7)31(20(43)16-18-19-17-39(4,36(53)54)13-12-38(19,3)14-15-41(18,42)6)40(21,5)10-9-22(37)55-35-30(26(47)25(46)29(57-35)33(51)52)58-34-27(48)23(44)24(45)28(56-34)32(49)50;/h16,19,21-31,34-35,44-48H,8-15,17H2,1-7H3,(H,49,50)(H,51,52)(H,53,54);/q;+1/p-1/t19-,21?,22-,23-,24-,25-,26-,27+,28-,29-,30+,31+,34-,35-,38+,39-,40-,41+,42+;/m0./s1. The molecule has 0 bridgehead atoms. The maximum atomic E-state index is 14.8. The number of aliphatic hydroxyl groups is 5. The molecule has 17 heteroatoms. The SMILES string of the molecule is CC1(C)C2CC[C@]3(C)[C@H](C(=O)C=C4[C@@H]5C[C@@](C)(C(=O)O)CC[C@]5(C)CC[C@]43C)[C@@]2(C)CC[C@@H]1O[C@H]1O[C@H](C(=O)[O-])[C@@H](O)[C@H](O)[C@H]1O[C@@H]1O[C@H](C(=O)O)[C@@H](O)[C@H](O)[C@H]1O.[Na+]. The number of carboxylic acid groups (broad SMARTS) is 3. The van der Waals surface area contributed by atoms with Crippen molar-refractivity contribution in [2.24, 2.45) is 50.2 Å². The van der Waals surface area contributed by atoms with Crippen LogP contribution in [0.2, 0.25) is 0 Å². The van der Waals surface area contributed by atoms with Gasteiger partial charge in [-0.05, 0) is 110 Å². The molecule has 7 rings (SSSR count). The van der Waals surface area contributed by atoms with Gasteiger partial charge in [0.05, 0.1) is 17.5 Å². The second-order valence-corrected chi connectivity index (χ2v) is 20.6. The molecule has 0 spiro atoms. The van der Waals surface area contributed by atoms with Gasteiger partial charge >= 0.3 is 41.5 Å². The van der Waals surface area contributed by atoms with Gasteiger partial charge in [0.2, 0.25) is 0 Å². The minimum absolute atomic E-state index is 0. The average molecular weight is 845 g/mol. The van der Waals surface area contributed by atoms with E-state index in [1.54, 1.807) is 0 Å². The molecule has 0 aromatic rings. The summed E-state index contributed by atoms with van der Waals surface area (Å²) in [6, 6.07) is 0. The molecule has 7 aliphatic rings. The van der Waals surface area contributed by atoms with Gasteiger partial charge in [-0.25, -0.2) is 4.79 Å². The van der Waals surface area contributed by atoms with Gasteiger partial charge in [0.15, 0.2) is 24.5 Å². The smallest absolute Gasteiger partial charge is 0.547 e. The van der Waals surface area contributed by atoms with Crippen LogP contribution in [0.25, 0.3) is 0 Å². The van der Waals surface area contributed by atoms with Crippen molar-refractivity contribution in [2.75, 3.05) is 0 Å². The van der Waals surface area contributed by atoms with Gasteiger partial charge in [0.1, 0.15) is 42.7 Å². The van der Waals surface area contributed by atoms with Gasteiger partial charge in [-0.15, -0.1) is 0 Å². The Labute approximate surface area is 366 Å². The Kier molecular flexibility index (Phi) is 12.4. The summed E-state index contributed by atoms with van der Waals surface area (Å²) < 4.78 is 23.3. The Balaban J connectivity index is 0.00000585. The largest absolute Gasteiger partial charge is 1.00 e. The normalized spacial score (nSPS) is 51.7. The number of aliphatic carboxylic acids is 3. The first-order valence-corrected chi connectivity index (χ1v) is 20.7. The average Bonchev–Trinajstić information content (AvgIpc) is 3.13. The molecule has 1 unspecified atom stereocenters. The third-order valence-electron chi connectivity index (χ3n) is 17.2. The molecule has 7 N–H and O–H groups in total. The molecule has 0 aromatic carbocycles. The molecule has 6 fully saturated rings. The topological polar surface area (TPSA) is 270 Å². The van der Waals surface area contributed by atoms with E-state index in [0.717, 1.165) is 24.8 Å². The number of carboxylic acids is 3. The van der Waals surface area contributed by atoms with E-state index in [1.165, 1.54) is 0 Å². The fourth-order valence-electron chi connectivity index (χ4n) is 13.4. The molecule has 19 atom stereocenters. The van der Waals surface area contributed by atoms with E-state index in [0.29, 0.717) is 38.5 Å². The maximum absolute atomic E-state index is 14.8. The zero-order valence-electron chi connectivity index (χ0n) is 35.3. The molecule has 0 amide bonds. The van der Waals surface area contributed by atoms with Gasteiger partial charge in [-0.3, -0.25) is 9.59 Å². The van der Waals surface area contributed by atoms with Crippen LogP contribution in [0.1, 0.15) is 106 Å². The Hall–Kier alpha value is -1.54. The van der Waals surface area contributed by atoms with E-state index in [4.69, 9.17) is 18.9 Å². The number of hydrogen-bond acceptors (Lipinski definition) is 14. The van der Waals surface area contributed by atoms with Crippen LogP contribution in [0.5, 0.6) is 0 Å². The van der Waals surface area contributed by atoms with Crippen molar-refractivity contribution in [2.45, 2.75) is 174 Å². The summed E-state index contributed by atoms with van der Waals surface area (Å²) >= 11 is 0. The predicted molar refractivity (Wildman–Crippen MR) is 197 cm³/mol. The summed E-state index contributed by atoms with van der Waals surface area (Å²) in [5, 5.41) is 85.1. The minimum Gasteiger partial charge on any atom is -0.547 e. The number of fused-ring (bicyclic) bond motifs is 7. The van der Waals surface area contributed by atoms with Crippen molar-refractivity contribution >= 4 is 23.7 Å². The van der Waals surface area contributed by atoms with Crippen LogP contribution in [0.15, 0.2) is 11.6 Å². The Morgan fingerprint density at radius 3 is 1.97 bits per heavy atom. The first-order chi connectivity index (χ1) is 26.8. The first kappa shape index (κ1) is 47.0. The number of hydrogen-bond donors (Lipinski definition) is 7. The summed E-state index contributed by atoms with van der Waals surface area (Å²) in [5.41, 5.74) is -1.86. The molecule has 16 nitrogen and oxygen atoms in total. The van der Waals surface area contributed by atoms with Gasteiger partial charge in [-0.2, -0.15) is 0 Å². The first-order valence-electron chi connectivity index (χ1n) is 20.7. The van der Waals surface area contributed by atoms with Crippen LogP contribution in [0, 0.1) is 50.2 Å². The van der Waals surface area contributed by atoms with Gasteiger partial charge < -0.3 is 64.6 Å². The molecule has 2 aliphatic heterocycles. The molecule has 2 heterocycles. The number of ether oxygens (including phenoxy) is 4. The van der Waals surface area contributed by atoms with E-state index in [9.17, 15) is 60.0 Å². The van der Waals surface area contributed by atoms with Gasteiger partial charge in [0.25, 0.3) is 0 Å². The molecule has 5 aliphatic carbocycles. The molecule has 59 heavy (non-hydrogen) atoms. The Morgan fingerprint density at radius 2 is 1.36 bits per heavy atom. The van der Waals surface area contributed by atoms with E-state index in [-0.39, 0.29) is 63.9 Å². The fraction of sp³-hybridized carbons (Fsp3) is 0.857. The van der Waals surface area contributed by atoms with E-state index in [1.807, 2.05) is 26.8 Å². The van der Waals surface area contributed by atoms with Crippen molar-refractivity contribution in [1.29, 1.82) is 0 Å². The maximum Gasteiger partial charge on any atom is 1.00 e. The minimum atomic E-state index is -2.11. The summed E-state index contributed by atoms with van der Waals surface area (Å²) in [6.45, 7) is 14.8. The Bertz CT molecular complexity index is 1740. The zero-order chi connectivity index (χ0) is 42.9. The second kappa shape index (κ2) is 15.6. The van der Waals surface area contributed by atoms with Crippen LogP contribution in [-0.2, 0) is 38.1 Å². The zero-order valence-corrected chi connectivity index (χ0v) is 37.3. The van der Waals surface area contributed by atoms with E-state index in [2.05, 4.69) is 27.7 Å². The third-order valence-corrected chi connectivity index (χ3v) is 17.2. The van der Waals surface area contributed by atoms with Crippen LogP contribution in [0.3, 0.4) is 0 Å². The van der Waals surface area contributed by atoms with Crippen LogP contribution >= 0.6 is 0 Å². The third kappa shape index (κ3) is 7.02. The summed E-state index contributed by atoms with van der Waals surface area (Å²) in [6.07, 6.45) is -12.7. The molecule has 0 radical (unpaired) electrons. The van der Waals surface area contributed by atoms with Crippen molar-refractivity contribution in [3.63, 3.8) is 0 Å². The molecular weight excluding hydrogens is 783 g/mol. The van der Waals surface area contributed by atoms with Crippen molar-refractivity contribution in [3.05, 3.63) is 11.6 Å². The Morgan fingerprint density at radius 1 is 0.746 bits per heavy atom. The van der Waals surface area contributed by atoms with Crippen molar-refractivity contribution in [3.8, 4) is 0 Å². The molecule has 4 saturated carbocycles. The summed E-state index contributed by atoms with van der Waals surface area (Å²) in [5.74, 6) is -4.76. The van der Waals surface area contributed by atoms with Crippen LogP contribution in [-0.4, -0.2) is 127 Å². The number of ketones is 1. The summed E-state index contributed by atoms with van der Waals surface area (Å²) in [7, 11) is 0. The number of carbonyl (C=O) groups excluding carboxylic acids is 2. The fourth-order valence-corrected chi connectivity index (χ4v) is 13.4. The van der Waals surface area contributed by atoms with E-state index >= 15 is 0 Å². The van der Waals surface area contributed by atoms with Crippen molar-refractivity contribution < 1.29 is 109 Å². The summed E-state index contributed by atoms with van der Waals surface area (Å²) in [4.78, 5) is 51.2. The number of aliphatic hydroxyl groups excluding tert-OH is 5. The van der Waals surface area contributed by atoms with Crippen molar-refractivity contribution in [1.82, 2.24) is 0 Å².